The van der Waals surface area contributed by atoms with Gasteiger partial charge in [-0.1, -0.05) is 24.3 Å². The van der Waals surface area contributed by atoms with E-state index >= 15 is 0 Å². The maximum absolute atomic E-state index is 12.7. The first-order valence-electron chi connectivity index (χ1n) is 8.02. The maximum Gasteiger partial charge on any atom is 0.252 e. The number of hydrogen-bond acceptors (Lipinski definition) is 3. The van der Waals surface area contributed by atoms with Crippen LogP contribution >= 0.6 is 0 Å². The van der Waals surface area contributed by atoms with Crippen LogP contribution in [0.15, 0.2) is 48.5 Å². The summed E-state index contributed by atoms with van der Waals surface area (Å²) in [5.41, 5.74) is 8.49. The van der Waals surface area contributed by atoms with Gasteiger partial charge in [-0.25, -0.2) is 0 Å². The zero-order valence-electron chi connectivity index (χ0n) is 13.8. The van der Waals surface area contributed by atoms with E-state index < -0.39 is 6.04 Å². The van der Waals surface area contributed by atoms with Crippen LogP contribution < -0.4 is 16.0 Å². The highest BCUT2D eigenvalue weighted by molar-refractivity contribution is 6.05. The molecule has 0 saturated carbocycles. The van der Waals surface area contributed by atoms with Gasteiger partial charge in [0, 0.05) is 23.0 Å². The molecule has 2 aromatic rings. The van der Waals surface area contributed by atoms with Gasteiger partial charge in [0.2, 0.25) is 5.91 Å². The molecule has 2 amide bonds. The van der Waals surface area contributed by atoms with Gasteiger partial charge < -0.3 is 16.0 Å². The van der Waals surface area contributed by atoms with Crippen LogP contribution in [0.1, 0.15) is 29.3 Å². The quantitative estimate of drug-likeness (QED) is 0.852. The molecular weight excluding hydrogens is 302 g/mol. The van der Waals surface area contributed by atoms with Crippen LogP contribution in [0.25, 0.3) is 0 Å². The van der Waals surface area contributed by atoms with Crippen molar-refractivity contribution >= 4 is 23.2 Å². The van der Waals surface area contributed by atoms with Crippen LogP contribution in [0.4, 0.5) is 11.4 Å². The summed E-state index contributed by atoms with van der Waals surface area (Å²) in [5, 5.41) is 2.86. The highest BCUT2D eigenvalue weighted by Gasteiger charge is 2.38. The molecule has 124 valence electrons. The van der Waals surface area contributed by atoms with Crippen LogP contribution in [0.5, 0.6) is 0 Å². The minimum Gasteiger partial charge on any atom is -0.399 e. The smallest absolute Gasteiger partial charge is 0.252 e. The molecule has 1 saturated heterocycles. The Balaban J connectivity index is 1.78. The van der Waals surface area contributed by atoms with Crippen molar-refractivity contribution in [1.29, 1.82) is 0 Å². The molecule has 0 bridgehead atoms. The minimum atomic E-state index is -0.520. The second kappa shape index (κ2) is 6.35. The van der Waals surface area contributed by atoms with Crippen molar-refractivity contribution in [2.75, 3.05) is 10.6 Å². The molecule has 0 aliphatic carbocycles. The Labute approximate surface area is 141 Å². The third kappa shape index (κ3) is 2.97. The van der Waals surface area contributed by atoms with Gasteiger partial charge in [-0.3, -0.25) is 9.59 Å². The molecule has 0 aromatic heterocycles. The fourth-order valence-corrected chi connectivity index (χ4v) is 3.14. The van der Waals surface area contributed by atoms with Crippen molar-refractivity contribution in [3.8, 4) is 0 Å². The monoisotopic (exact) mass is 323 g/mol. The van der Waals surface area contributed by atoms with Gasteiger partial charge in [0.15, 0.2) is 0 Å². The molecule has 5 heteroatoms. The summed E-state index contributed by atoms with van der Waals surface area (Å²) in [6.45, 7) is 3.84. The summed E-state index contributed by atoms with van der Waals surface area (Å²) in [7, 11) is 0. The SMILES string of the molecule is Cc1ccc(N)cc1C(=O)NC1CC(C)N(c2ccccc2)C1=O. The first-order valence-corrected chi connectivity index (χ1v) is 8.02. The van der Waals surface area contributed by atoms with Gasteiger partial charge in [-0.05, 0) is 50.1 Å². The summed E-state index contributed by atoms with van der Waals surface area (Å²) in [6.07, 6.45) is 0.584. The van der Waals surface area contributed by atoms with Gasteiger partial charge in [0.1, 0.15) is 6.04 Å². The predicted octanol–water partition coefficient (Wildman–Crippen LogP) is 2.50. The first-order chi connectivity index (χ1) is 11.5. The second-order valence-electron chi connectivity index (χ2n) is 6.23. The molecule has 2 unspecified atom stereocenters. The molecule has 1 heterocycles. The fourth-order valence-electron chi connectivity index (χ4n) is 3.14. The van der Waals surface area contributed by atoms with E-state index in [1.165, 1.54) is 0 Å². The third-order valence-electron chi connectivity index (χ3n) is 4.40. The van der Waals surface area contributed by atoms with Crippen molar-refractivity contribution < 1.29 is 9.59 Å². The lowest BCUT2D eigenvalue weighted by Gasteiger charge is -2.21. The van der Waals surface area contributed by atoms with Crippen LogP contribution in [0, 0.1) is 6.92 Å². The van der Waals surface area contributed by atoms with E-state index in [0.717, 1.165) is 11.3 Å². The van der Waals surface area contributed by atoms with Crippen molar-refractivity contribution in [3.05, 3.63) is 59.7 Å². The Morgan fingerprint density at radius 2 is 1.92 bits per heavy atom. The van der Waals surface area contributed by atoms with Crippen LogP contribution in [0.2, 0.25) is 0 Å². The predicted molar refractivity (Wildman–Crippen MR) is 94.9 cm³/mol. The number of nitrogens with zero attached hydrogens (tertiary/aromatic N) is 1. The molecular formula is C19H21N3O2. The lowest BCUT2D eigenvalue weighted by Crippen LogP contribution is -2.42. The number of carbonyl (C=O) groups excluding carboxylic acids is 2. The molecule has 1 aliphatic heterocycles. The molecule has 3 N–H and O–H groups in total. The summed E-state index contributed by atoms with van der Waals surface area (Å²) >= 11 is 0. The molecule has 0 radical (unpaired) electrons. The zero-order valence-corrected chi connectivity index (χ0v) is 13.8. The number of para-hydroxylation sites is 1. The number of nitrogen functional groups attached to an aromatic ring is 1. The Hall–Kier alpha value is -2.82. The number of amides is 2. The lowest BCUT2D eigenvalue weighted by molar-refractivity contribution is -0.118. The molecule has 2 atom stereocenters. The van der Waals surface area contributed by atoms with E-state index in [2.05, 4.69) is 5.32 Å². The van der Waals surface area contributed by atoms with Gasteiger partial charge >= 0.3 is 0 Å². The largest absolute Gasteiger partial charge is 0.399 e. The molecule has 0 spiro atoms. The van der Waals surface area contributed by atoms with E-state index in [0.29, 0.717) is 17.7 Å². The summed E-state index contributed by atoms with van der Waals surface area (Å²) in [6, 6.07) is 14.2. The lowest BCUT2D eigenvalue weighted by atomic mass is 10.1. The van der Waals surface area contributed by atoms with E-state index in [4.69, 9.17) is 5.73 Å². The van der Waals surface area contributed by atoms with Gasteiger partial charge in [0.05, 0.1) is 0 Å². The molecule has 5 nitrogen and oxygen atoms in total. The number of nitrogens with one attached hydrogen (secondary N) is 1. The average Bonchev–Trinajstić information content (AvgIpc) is 2.84. The number of benzene rings is 2. The average molecular weight is 323 g/mol. The van der Waals surface area contributed by atoms with Crippen molar-refractivity contribution in [2.45, 2.75) is 32.4 Å². The Kier molecular flexibility index (Phi) is 4.25. The summed E-state index contributed by atoms with van der Waals surface area (Å²) in [5.74, 6) is -0.344. The van der Waals surface area contributed by atoms with E-state index in [-0.39, 0.29) is 17.9 Å². The van der Waals surface area contributed by atoms with Gasteiger partial charge in [0.25, 0.3) is 5.91 Å². The number of hydrogen-bond donors (Lipinski definition) is 2. The highest BCUT2D eigenvalue weighted by atomic mass is 16.2. The molecule has 2 aromatic carbocycles. The summed E-state index contributed by atoms with van der Waals surface area (Å²) < 4.78 is 0. The Bertz CT molecular complexity index is 773. The normalized spacial score (nSPS) is 20.2. The van der Waals surface area contributed by atoms with Crippen molar-refractivity contribution in [2.24, 2.45) is 0 Å². The minimum absolute atomic E-state index is 0.0344. The van der Waals surface area contributed by atoms with Crippen LogP contribution in [-0.2, 0) is 4.79 Å². The number of anilines is 2. The molecule has 1 fully saturated rings. The van der Waals surface area contributed by atoms with Crippen molar-refractivity contribution in [3.63, 3.8) is 0 Å². The number of carbonyl (C=O) groups is 2. The van der Waals surface area contributed by atoms with E-state index in [1.807, 2.05) is 44.2 Å². The molecule has 1 aliphatic rings. The summed E-state index contributed by atoms with van der Waals surface area (Å²) in [4.78, 5) is 27.0. The Morgan fingerprint density at radius 3 is 2.62 bits per heavy atom. The number of rotatable bonds is 3. The second-order valence-corrected chi connectivity index (χ2v) is 6.23. The van der Waals surface area contributed by atoms with Gasteiger partial charge in [-0.2, -0.15) is 0 Å². The molecule has 24 heavy (non-hydrogen) atoms. The molecule has 3 rings (SSSR count). The van der Waals surface area contributed by atoms with Gasteiger partial charge in [-0.15, -0.1) is 0 Å². The number of aryl methyl sites for hydroxylation is 1. The first kappa shape index (κ1) is 16.1. The number of nitrogens with two attached hydrogens (primary N) is 1. The topological polar surface area (TPSA) is 75.4 Å². The van der Waals surface area contributed by atoms with E-state index in [9.17, 15) is 9.59 Å². The highest BCUT2D eigenvalue weighted by Crippen LogP contribution is 2.26. The fraction of sp³-hybridized carbons (Fsp3) is 0.263. The van der Waals surface area contributed by atoms with E-state index in [1.54, 1.807) is 23.1 Å². The van der Waals surface area contributed by atoms with Crippen LogP contribution in [-0.4, -0.2) is 23.9 Å². The standard InChI is InChI=1S/C19H21N3O2/c1-12-8-9-14(20)11-16(12)18(23)21-17-10-13(2)22(19(17)24)15-6-4-3-5-7-15/h3-9,11,13,17H,10,20H2,1-2H3,(H,21,23). The van der Waals surface area contributed by atoms with Crippen LogP contribution in [0.3, 0.4) is 0 Å². The Morgan fingerprint density at radius 1 is 1.21 bits per heavy atom. The maximum atomic E-state index is 12.7. The van der Waals surface area contributed by atoms with Crippen molar-refractivity contribution in [1.82, 2.24) is 5.32 Å². The third-order valence-corrected chi connectivity index (χ3v) is 4.40. The zero-order chi connectivity index (χ0) is 17.3.